The molecule has 2 aromatic heterocycles. The third-order valence-corrected chi connectivity index (χ3v) is 7.54. The van der Waals surface area contributed by atoms with Crippen LogP contribution in [0.4, 0.5) is 5.13 Å². The molecule has 168 valence electrons. The molecule has 0 radical (unpaired) electrons. The van der Waals surface area contributed by atoms with Crippen molar-refractivity contribution in [3.8, 4) is 11.4 Å². The average Bonchev–Trinajstić information content (AvgIpc) is 3.41. The van der Waals surface area contributed by atoms with Crippen molar-refractivity contribution in [1.82, 2.24) is 19.7 Å². The number of carbonyl (C=O) groups is 1. The Kier molecular flexibility index (Phi) is 7.97. The van der Waals surface area contributed by atoms with Crippen LogP contribution in [0.3, 0.4) is 0 Å². The van der Waals surface area contributed by atoms with Crippen molar-refractivity contribution in [3.63, 3.8) is 0 Å². The van der Waals surface area contributed by atoms with Crippen LogP contribution in [0.5, 0.6) is 0 Å². The molecule has 4 rings (SSSR count). The van der Waals surface area contributed by atoms with E-state index in [-0.39, 0.29) is 11.7 Å². The third kappa shape index (κ3) is 5.92. The van der Waals surface area contributed by atoms with Gasteiger partial charge < -0.3 is 5.32 Å². The van der Waals surface area contributed by atoms with Crippen LogP contribution in [0.1, 0.15) is 10.4 Å². The second kappa shape index (κ2) is 11.1. The summed E-state index contributed by atoms with van der Waals surface area (Å²) in [6.07, 6.45) is 4.22. The number of carbonyl (C=O) groups excluding carboxylic acids is 1. The van der Waals surface area contributed by atoms with Crippen LogP contribution in [0.2, 0.25) is 5.02 Å². The van der Waals surface area contributed by atoms with Crippen LogP contribution in [-0.2, 0) is 17.8 Å². The zero-order chi connectivity index (χ0) is 23.2. The summed E-state index contributed by atoms with van der Waals surface area (Å²) >= 11 is 12.6. The molecule has 0 saturated carbocycles. The second-order valence-electron chi connectivity index (χ2n) is 6.92. The maximum absolute atomic E-state index is 12.5. The Morgan fingerprint density at radius 1 is 1.21 bits per heavy atom. The lowest BCUT2D eigenvalue weighted by atomic mass is 10.1. The molecule has 0 fully saturated rings. The van der Waals surface area contributed by atoms with Crippen molar-refractivity contribution >= 4 is 61.7 Å². The zero-order valence-corrected chi connectivity index (χ0v) is 21.3. The smallest absolute Gasteiger partial charge is 0.236 e. The second-order valence-corrected chi connectivity index (χ2v) is 10.2. The highest BCUT2D eigenvalue weighted by atomic mass is 79.9. The third-order valence-electron chi connectivity index (χ3n) is 4.60. The van der Waals surface area contributed by atoms with Gasteiger partial charge in [0.25, 0.3) is 0 Å². The maximum Gasteiger partial charge on any atom is 0.236 e. The lowest BCUT2D eigenvalue weighted by molar-refractivity contribution is -0.113. The molecule has 33 heavy (non-hydrogen) atoms. The van der Waals surface area contributed by atoms with Crippen LogP contribution in [-0.4, -0.2) is 31.4 Å². The minimum absolute atomic E-state index is 0.158. The molecule has 1 N–H and O–H groups in total. The number of rotatable bonds is 9. The number of anilines is 1. The number of hydrogen-bond acceptors (Lipinski definition) is 6. The molecule has 0 aliphatic carbocycles. The van der Waals surface area contributed by atoms with Crippen molar-refractivity contribution in [2.45, 2.75) is 18.1 Å². The zero-order valence-electron chi connectivity index (χ0n) is 17.4. The number of nitrogens with one attached hydrogen (secondary N) is 1. The molecule has 2 heterocycles. The minimum Gasteiger partial charge on any atom is -0.301 e. The normalized spacial score (nSPS) is 10.8. The molecule has 0 unspecified atom stereocenters. The Labute approximate surface area is 213 Å². The highest BCUT2D eigenvalue weighted by molar-refractivity contribution is 9.10. The Balaban J connectivity index is 1.39. The molecule has 4 aromatic rings. The Morgan fingerprint density at radius 2 is 2.00 bits per heavy atom. The van der Waals surface area contributed by atoms with Crippen molar-refractivity contribution < 1.29 is 4.79 Å². The van der Waals surface area contributed by atoms with E-state index in [4.69, 9.17) is 11.6 Å². The number of allylic oxidation sites excluding steroid dienone is 1. The van der Waals surface area contributed by atoms with Gasteiger partial charge in [0.05, 0.1) is 5.75 Å². The Morgan fingerprint density at radius 3 is 2.79 bits per heavy atom. The standard InChI is InChI=1S/C23H19BrClN5OS2/c1-2-11-30-21(17-8-4-5-9-18(17)24)28-29-23(30)32-14-20(31)27-22-26-13-16(33-22)12-15-7-3-6-10-19(15)25/h2-10,13H,1,11-12,14H2,(H,26,27,31). The van der Waals surface area contributed by atoms with Gasteiger partial charge in [-0.3, -0.25) is 9.36 Å². The van der Waals surface area contributed by atoms with Gasteiger partial charge in [-0.2, -0.15) is 0 Å². The van der Waals surface area contributed by atoms with Gasteiger partial charge in [-0.15, -0.1) is 28.1 Å². The van der Waals surface area contributed by atoms with Crippen molar-refractivity contribution in [2.75, 3.05) is 11.1 Å². The molecule has 0 atom stereocenters. The number of thioether (sulfide) groups is 1. The van der Waals surface area contributed by atoms with Crippen LogP contribution < -0.4 is 5.32 Å². The fourth-order valence-corrected chi connectivity index (χ4v) is 5.36. The van der Waals surface area contributed by atoms with Gasteiger partial charge in [0.1, 0.15) is 0 Å². The molecule has 6 nitrogen and oxygen atoms in total. The quantitative estimate of drug-likeness (QED) is 0.191. The van der Waals surface area contributed by atoms with Crippen LogP contribution in [0.25, 0.3) is 11.4 Å². The van der Waals surface area contributed by atoms with Crippen LogP contribution >= 0.6 is 50.6 Å². The summed E-state index contributed by atoms with van der Waals surface area (Å²) in [6.45, 7) is 4.36. The van der Waals surface area contributed by atoms with Gasteiger partial charge in [0.2, 0.25) is 5.91 Å². The van der Waals surface area contributed by atoms with Crippen molar-refractivity contribution in [3.05, 3.63) is 87.3 Å². The average molecular weight is 561 g/mol. The highest BCUT2D eigenvalue weighted by Gasteiger charge is 2.17. The van der Waals surface area contributed by atoms with Gasteiger partial charge >= 0.3 is 0 Å². The SMILES string of the molecule is C=CCn1c(SCC(=O)Nc2ncc(Cc3ccccc3Cl)s2)nnc1-c1ccccc1Br. The molecule has 10 heteroatoms. The fraction of sp³-hybridized carbons (Fsp3) is 0.130. The lowest BCUT2D eigenvalue weighted by Gasteiger charge is -2.08. The number of aromatic nitrogens is 4. The van der Waals surface area contributed by atoms with Gasteiger partial charge in [-0.1, -0.05) is 81.8 Å². The summed E-state index contributed by atoms with van der Waals surface area (Å²) < 4.78 is 2.87. The predicted molar refractivity (Wildman–Crippen MR) is 139 cm³/mol. The number of nitrogens with zero attached hydrogens (tertiary/aromatic N) is 4. The van der Waals surface area contributed by atoms with Crippen LogP contribution in [0, 0.1) is 0 Å². The van der Waals surface area contributed by atoms with Crippen LogP contribution in [0.15, 0.2) is 77.0 Å². The number of benzene rings is 2. The molecular weight excluding hydrogens is 542 g/mol. The minimum atomic E-state index is -0.158. The van der Waals surface area contributed by atoms with E-state index in [1.165, 1.54) is 23.1 Å². The molecule has 0 bridgehead atoms. The van der Waals surface area contributed by atoms with E-state index in [1.54, 1.807) is 12.3 Å². The molecule has 0 saturated heterocycles. The van der Waals surface area contributed by atoms with E-state index in [2.05, 4.69) is 43.0 Å². The summed E-state index contributed by atoms with van der Waals surface area (Å²) in [5.74, 6) is 0.744. The summed E-state index contributed by atoms with van der Waals surface area (Å²) in [5.41, 5.74) is 1.95. The molecular formula is C23H19BrClN5OS2. The highest BCUT2D eigenvalue weighted by Crippen LogP contribution is 2.30. The number of halogens is 2. The molecule has 0 spiro atoms. The first kappa shape index (κ1) is 23.7. The monoisotopic (exact) mass is 559 g/mol. The van der Waals surface area contributed by atoms with Gasteiger partial charge in [0, 0.05) is 39.1 Å². The summed E-state index contributed by atoms with van der Waals surface area (Å²) in [6, 6.07) is 15.5. The first-order valence-electron chi connectivity index (χ1n) is 9.95. The molecule has 0 aliphatic rings. The largest absolute Gasteiger partial charge is 0.301 e. The number of hydrogen-bond donors (Lipinski definition) is 1. The topological polar surface area (TPSA) is 72.7 Å². The first-order chi connectivity index (χ1) is 16.0. The first-order valence-corrected chi connectivity index (χ1v) is 12.9. The lowest BCUT2D eigenvalue weighted by Crippen LogP contribution is -2.14. The predicted octanol–water partition coefficient (Wildman–Crippen LogP) is 6.33. The number of amides is 1. The van der Waals surface area contributed by atoms with E-state index in [1.807, 2.05) is 53.1 Å². The molecule has 0 aliphatic heterocycles. The summed E-state index contributed by atoms with van der Waals surface area (Å²) in [4.78, 5) is 17.9. The molecule has 1 amide bonds. The molecule has 2 aromatic carbocycles. The summed E-state index contributed by atoms with van der Waals surface area (Å²) in [7, 11) is 0. The Bertz CT molecular complexity index is 1290. The van der Waals surface area contributed by atoms with E-state index in [0.29, 0.717) is 23.3 Å². The summed E-state index contributed by atoms with van der Waals surface area (Å²) in [5, 5.41) is 13.4. The fourth-order valence-electron chi connectivity index (χ4n) is 3.09. The van der Waals surface area contributed by atoms with Gasteiger partial charge in [0.15, 0.2) is 16.1 Å². The maximum atomic E-state index is 12.5. The van der Waals surface area contributed by atoms with E-state index in [0.717, 1.165) is 31.3 Å². The van der Waals surface area contributed by atoms with Gasteiger partial charge in [-0.05, 0) is 17.7 Å². The van der Waals surface area contributed by atoms with E-state index in [9.17, 15) is 4.79 Å². The Hall–Kier alpha value is -2.46. The van der Waals surface area contributed by atoms with Crippen molar-refractivity contribution in [1.29, 1.82) is 0 Å². The van der Waals surface area contributed by atoms with Crippen molar-refractivity contribution in [2.24, 2.45) is 0 Å². The van der Waals surface area contributed by atoms with E-state index < -0.39 is 0 Å². The number of thiazole rings is 1. The van der Waals surface area contributed by atoms with Gasteiger partial charge in [-0.25, -0.2) is 4.98 Å². The van der Waals surface area contributed by atoms with E-state index >= 15 is 0 Å².